The van der Waals surface area contributed by atoms with E-state index in [1.54, 1.807) is 0 Å². The Hall–Kier alpha value is -0.860. The van der Waals surface area contributed by atoms with Crippen LogP contribution in [0.5, 0.6) is 0 Å². The first-order valence-corrected chi connectivity index (χ1v) is 6.38. The molecule has 0 bridgehead atoms. The predicted molar refractivity (Wildman–Crippen MR) is 73.0 cm³/mol. The van der Waals surface area contributed by atoms with E-state index >= 15 is 0 Å². The van der Waals surface area contributed by atoms with E-state index in [0.717, 1.165) is 13.0 Å². The largest absolute Gasteiger partial charge is 0.389 e. The van der Waals surface area contributed by atoms with Gasteiger partial charge in [0, 0.05) is 13.1 Å². The van der Waals surface area contributed by atoms with E-state index in [4.69, 9.17) is 0 Å². The molecule has 0 aliphatic rings. The summed E-state index contributed by atoms with van der Waals surface area (Å²) in [6, 6.07) is 8.48. The van der Waals surface area contributed by atoms with E-state index in [2.05, 4.69) is 50.4 Å². The Kier molecular flexibility index (Phi) is 5.16. The highest BCUT2D eigenvalue weighted by atomic mass is 16.3. The van der Waals surface area contributed by atoms with Gasteiger partial charge in [0.25, 0.3) is 0 Å². The molecule has 96 valence electrons. The SMILES string of the molecule is Cc1ccc(CNCC(C)(O)CC(C)C)cc1. The van der Waals surface area contributed by atoms with Gasteiger partial charge in [-0.2, -0.15) is 0 Å². The fourth-order valence-corrected chi connectivity index (χ4v) is 2.13. The Balaban J connectivity index is 2.34. The minimum atomic E-state index is -0.612. The van der Waals surface area contributed by atoms with Crippen molar-refractivity contribution in [3.8, 4) is 0 Å². The van der Waals surface area contributed by atoms with Crippen LogP contribution in [0.2, 0.25) is 0 Å². The molecule has 17 heavy (non-hydrogen) atoms. The van der Waals surface area contributed by atoms with E-state index in [9.17, 15) is 5.11 Å². The summed E-state index contributed by atoms with van der Waals surface area (Å²) in [5, 5.41) is 13.5. The van der Waals surface area contributed by atoms with Crippen molar-refractivity contribution in [2.24, 2.45) is 5.92 Å². The minimum absolute atomic E-state index is 0.520. The fraction of sp³-hybridized carbons (Fsp3) is 0.600. The molecule has 0 aliphatic heterocycles. The molecule has 0 radical (unpaired) electrons. The average molecular weight is 235 g/mol. The quantitative estimate of drug-likeness (QED) is 0.794. The van der Waals surface area contributed by atoms with Crippen LogP contribution in [0.4, 0.5) is 0 Å². The molecule has 1 atom stereocenters. The highest BCUT2D eigenvalue weighted by Crippen LogP contribution is 2.15. The molecule has 0 heterocycles. The van der Waals surface area contributed by atoms with Crippen molar-refractivity contribution in [3.05, 3.63) is 35.4 Å². The van der Waals surface area contributed by atoms with Crippen molar-refractivity contribution in [2.75, 3.05) is 6.54 Å². The van der Waals surface area contributed by atoms with Crippen molar-refractivity contribution in [1.82, 2.24) is 5.32 Å². The third-order valence-corrected chi connectivity index (χ3v) is 2.80. The second kappa shape index (κ2) is 6.18. The summed E-state index contributed by atoms with van der Waals surface area (Å²) < 4.78 is 0. The van der Waals surface area contributed by atoms with Crippen LogP contribution in [0.15, 0.2) is 24.3 Å². The topological polar surface area (TPSA) is 32.3 Å². The lowest BCUT2D eigenvalue weighted by molar-refractivity contribution is 0.0383. The van der Waals surface area contributed by atoms with Gasteiger partial charge in [0.15, 0.2) is 0 Å². The van der Waals surface area contributed by atoms with Gasteiger partial charge in [0.1, 0.15) is 0 Å². The molecule has 1 aromatic carbocycles. The van der Waals surface area contributed by atoms with Crippen LogP contribution in [0.3, 0.4) is 0 Å². The molecule has 2 nitrogen and oxygen atoms in total. The van der Waals surface area contributed by atoms with Gasteiger partial charge in [-0.25, -0.2) is 0 Å². The Bertz CT molecular complexity index is 327. The van der Waals surface area contributed by atoms with Gasteiger partial charge in [-0.3, -0.25) is 0 Å². The molecule has 0 spiro atoms. The summed E-state index contributed by atoms with van der Waals surface area (Å²) in [4.78, 5) is 0. The highest BCUT2D eigenvalue weighted by Gasteiger charge is 2.20. The summed E-state index contributed by atoms with van der Waals surface area (Å²) >= 11 is 0. The lowest BCUT2D eigenvalue weighted by Gasteiger charge is -2.25. The summed E-state index contributed by atoms with van der Waals surface area (Å²) in [5.74, 6) is 0.520. The van der Waals surface area contributed by atoms with Crippen molar-refractivity contribution < 1.29 is 5.11 Å². The Morgan fingerprint density at radius 3 is 2.35 bits per heavy atom. The Labute approximate surface area is 105 Å². The number of aliphatic hydroxyl groups is 1. The zero-order valence-corrected chi connectivity index (χ0v) is 11.5. The molecule has 1 aromatic rings. The number of benzene rings is 1. The highest BCUT2D eigenvalue weighted by molar-refractivity contribution is 5.21. The van der Waals surface area contributed by atoms with Crippen LogP contribution in [0, 0.1) is 12.8 Å². The second-order valence-electron chi connectivity index (χ2n) is 5.68. The Morgan fingerprint density at radius 1 is 1.24 bits per heavy atom. The summed E-state index contributed by atoms with van der Waals surface area (Å²) in [6.45, 7) is 9.70. The molecule has 0 saturated heterocycles. The number of hydrogen-bond acceptors (Lipinski definition) is 2. The zero-order valence-electron chi connectivity index (χ0n) is 11.5. The fourth-order valence-electron chi connectivity index (χ4n) is 2.13. The minimum Gasteiger partial charge on any atom is -0.389 e. The molecule has 0 saturated carbocycles. The molecule has 1 rings (SSSR count). The smallest absolute Gasteiger partial charge is 0.0746 e. The number of rotatable bonds is 6. The first-order valence-electron chi connectivity index (χ1n) is 6.38. The van der Waals surface area contributed by atoms with Crippen LogP contribution >= 0.6 is 0 Å². The third-order valence-electron chi connectivity index (χ3n) is 2.80. The van der Waals surface area contributed by atoms with E-state index in [1.807, 2.05) is 6.92 Å². The normalized spacial score (nSPS) is 14.9. The van der Waals surface area contributed by atoms with Crippen molar-refractivity contribution in [1.29, 1.82) is 0 Å². The van der Waals surface area contributed by atoms with Gasteiger partial charge in [-0.15, -0.1) is 0 Å². The maximum atomic E-state index is 10.1. The average Bonchev–Trinajstić information content (AvgIpc) is 2.18. The summed E-state index contributed by atoms with van der Waals surface area (Å²) in [7, 11) is 0. The molecule has 0 aliphatic carbocycles. The van der Waals surface area contributed by atoms with Gasteiger partial charge < -0.3 is 10.4 Å². The van der Waals surface area contributed by atoms with Crippen LogP contribution in [0.1, 0.15) is 38.3 Å². The molecular formula is C15H25NO. The second-order valence-corrected chi connectivity index (χ2v) is 5.68. The van der Waals surface area contributed by atoms with Gasteiger partial charge >= 0.3 is 0 Å². The van der Waals surface area contributed by atoms with Crippen LogP contribution in [-0.4, -0.2) is 17.3 Å². The predicted octanol–water partition coefficient (Wildman–Crippen LogP) is 2.88. The maximum Gasteiger partial charge on any atom is 0.0746 e. The molecule has 2 N–H and O–H groups in total. The van der Waals surface area contributed by atoms with E-state index in [-0.39, 0.29) is 0 Å². The molecular weight excluding hydrogens is 210 g/mol. The molecule has 0 amide bonds. The standard InChI is InChI=1S/C15H25NO/c1-12(2)9-15(4,17)11-16-10-14-7-5-13(3)6-8-14/h5-8,12,16-17H,9-11H2,1-4H3. The zero-order chi connectivity index (χ0) is 12.9. The van der Waals surface area contributed by atoms with Crippen LogP contribution in [-0.2, 0) is 6.54 Å². The van der Waals surface area contributed by atoms with E-state index in [1.165, 1.54) is 11.1 Å². The lowest BCUT2D eigenvalue weighted by atomic mass is 9.94. The van der Waals surface area contributed by atoms with Gasteiger partial charge in [0.05, 0.1) is 5.60 Å². The van der Waals surface area contributed by atoms with E-state index in [0.29, 0.717) is 12.5 Å². The lowest BCUT2D eigenvalue weighted by Crippen LogP contribution is -2.38. The van der Waals surface area contributed by atoms with Crippen molar-refractivity contribution >= 4 is 0 Å². The van der Waals surface area contributed by atoms with Crippen molar-refractivity contribution in [2.45, 2.75) is 46.3 Å². The Morgan fingerprint density at radius 2 is 1.82 bits per heavy atom. The molecule has 0 aromatic heterocycles. The number of hydrogen-bond donors (Lipinski definition) is 2. The van der Waals surface area contributed by atoms with Gasteiger partial charge in [0.2, 0.25) is 0 Å². The van der Waals surface area contributed by atoms with Crippen LogP contribution < -0.4 is 5.32 Å². The summed E-state index contributed by atoms with van der Waals surface area (Å²) in [6.07, 6.45) is 0.827. The first-order chi connectivity index (χ1) is 7.89. The van der Waals surface area contributed by atoms with Gasteiger partial charge in [-0.05, 0) is 31.7 Å². The van der Waals surface area contributed by atoms with Crippen molar-refractivity contribution in [3.63, 3.8) is 0 Å². The van der Waals surface area contributed by atoms with Gasteiger partial charge in [-0.1, -0.05) is 43.7 Å². The van der Waals surface area contributed by atoms with E-state index < -0.39 is 5.60 Å². The third kappa shape index (κ3) is 5.85. The number of nitrogens with one attached hydrogen (secondary N) is 1. The van der Waals surface area contributed by atoms with Crippen LogP contribution in [0.25, 0.3) is 0 Å². The number of aryl methyl sites for hydroxylation is 1. The monoisotopic (exact) mass is 235 g/mol. The molecule has 0 fully saturated rings. The molecule has 2 heteroatoms. The maximum absolute atomic E-state index is 10.1. The molecule has 1 unspecified atom stereocenters. The summed E-state index contributed by atoms with van der Waals surface area (Å²) in [5.41, 5.74) is 1.93. The first kappa shape index (κ1) is 14.2.